The molecule has 1 atom stereocenters. The zero-order valence-corrected chi connectivity index (χ0v) is 12.3. The molecule has 18 heavy (non-hydrogen) atoms. The van der Waals surface area contributed by atoms with Gasteiger partial charge < -0.3 is 14.6 Å². The Bertz CT molecular complexity index is 361. The predicted octanol–water partition coefficient (Wildman–Crippen LogP) is 2.36. The fourth-order valence-corrected chi connectivity index (χ4v) is 3.28. The summed E-state index contributed by atoms with van der Waals surface area (Å²) in [5.74, 6) is 3.09. The molecule has 2 rings (SSSR count). The second-order valence-electron chi connectivity index (χ2n) is 5.27. The van der Waals surface area contributed by atoms with Gasteiger partial charge in [-0.05, 0) is 24.6 Å². The van der Waals surface area contributed by atoms with Crippen molar-refractivity contribution in [3.63, 3.8) is 0 Å². The summed E-state index contributed by atoms with van der Waals surface area (Å²) >= 11 is 2.01. The number of nitrogens with one attached hydrogen (secondary N) is 1. The van der Waals surface area contributed by atoms with Gasteiger partial charge in [0.2, 0.25) is 0 Å². The van der Waals surface area contributed by atoms with E-state index in [9.17, 15) is 0 Å². The van der Waals surface area contributed by atoms with E-state index in [1.165, 1.54) is 17.9 Å². The molecule has 1 aliphatic rings. The maximum Gasteiger partial charge on any atom is 0.297 e. The summed E-state index contributed by atoms with van der Waals surface area (Å²) in [6, 6.07) is 1.33. The minimum atomic E-state index is 0.574. The molecule has 1 unspecified atom stereocenters. The quantitative estimate of drug-likeness (QED) is 0.858. The van der Waals surface area contributed by atoms with Crippen molar-refractivity contribution in [1.29, 1.82) is 0 Å². The summed E-state index contributed by atoms with van der Waals surface area (Å²) in [5.41, 5.74) is 0.989. The van der Waals surface area contributed by atoms with Gasteiger partial charge in [0.1, 0.15) is 6.26 Å². The first-order valence-electron chi connectivity index (χ1n) is 6.62. The van der Waals surface area contributed by atoms with Crippen LogP contribution in [0.25, 0.3) is 0 Å². The third-order valence-electron chi connectivity index (χ3n) is 3.15. The van der Waals surface area contributed by atoms with Crippen LogP contribution in [0.5, 0.6) is 0 Å². The van der Waals surface area contributed by atoms with Gasteiger partial charge in [-0.25, -0.2) is 0 Å². The molecular weight excluding hydrogens is 246 g/mol. The van der Waals surface area contributed by atoms with E-state index in [0.717, 1.165) is 24.8 Å². The van der Waals surface area contributed by atoms with Gasteiger partial charge in [-0.3, -0.25) is 0 Å². The largest absolute Gasteiger partial charge is 0.432 e. The van der Waals surface area contributed by atoms with Crippen molar-refractivity contribution >= 4 is 17.8 Å². The van der Waals surface area contributed by atoms with Gasteiger partial charge in [-0.15, -0.1) is 0 Å². The molecule has 1 aromatic heterocycles. The van der Waals surface area contributed by atoms with E-state index in [2.05, 4.69) is 36.1 Å². The molecule has 0 bridgehead atoms. The standard InChI is InChI=1S/C13H23N3OS/c1-10(2)6-14-7-11-8-17-13(15-11)16(3)12-4-5-18-9-12/h8,10,12,14H,4-7,9H2,1-3H3. The van der Waals surface area contributed by atoms with Crippen molar-refractivity contribution in [1.82, 2.24) is 10.3 Å². The average Bonchev–Trinajstić information content (AvgIpc) is 2.99. The molecule has 4 nitrogen and oxygen atoms in total. The normalized spacial score (nSPS) is 19.7. The van der Waals surface area contributed by atoms with Gasteiger partial charge >= 0.3 is 0 Å². The Morgan fingerprint density at radius 1 is 1.61 bits per heavy atom. The lowest BCUT2D eigenvalue weighted by molar-refractivity contribution is 0.520. The molecule has 0 spiro atoms. The maximum absolute atomic E-state index is 5.56. The van der Waals surface area contributed by atoms with Gasteiger partial charge in [0, 0.05) is 25.4 Å². The average molecular weight is 269 g/mol. The Morgan fingerprint density at radius 2 is 2.44 bits per heavy atom. The van der Waals surface area contributed by atoms with Crippen LogP contribution in [0.15, 0.2) is 10.7 Å². The molecule has 2 heterocycles. The number of aromatic nitrogens is 1. The molecule has 0 amide bonds. The molecule has 0 saturated carbocycles. The second-order valence-corrected chi connectivity index (χ2v) is 6.42. The summed E-state index contributed by atoms with van der Waals surface area (Å²) in [6.07, 6.45) is 2.99. The summed E-state index contributed by atoms with van der Waals surface area (Å²) in [4.78, 5) is 6.71. The lowest BCUT2D eigenvalue weighted by Gasteiger charge is -2.21. The summed E-state index contributed by atoms with van der Waals surface area (Å²) in [6.45, 7) is 6.20. The zero-order chi connectivity index (χ0) is 13.0. The van der Waals surface area contributed by atoms with E-state index in [1.807, 2.05) is 11.8 Å². The van der Waals surface area contributed by atoms with Crippen LogP contribution >= 0.6 is 11.8 Å². The van der Waals surface area contributed by atoms with E-state index in [0.29, 0.717) is 12.0 Å². The van der Waals surface area contributed by atoms with E-state index in [1.54, 1.807) is 6.26 Å². The zero-order valence-electron chi connectivity index (χ0n) is 11.5. The van der Waals surface area contributed by atoms with Crippen LogP contribution in [0.4, 0.5) is 6.01 Å². The Balaban J connectivity index is 1.85. The lowest BCUT2D eigenvalue weighted by atomic mass is 10.2. The molecule has 1 saturated heterocycles. The van der Waals surface area contributed by atoms with Gasteiger partial charge in [0.25, 0.3) is 6.01 Å². The molecule has 1 aliphatic heterocycles. The molecule has 5 heteroatoms. The van der Waals surface area contributed by atoms with E-state index < -0.39 is 0 Å². The number of hydrogen-bond acceptors (Lipinski definition) is 5. The molecule has 0 radical (unpaired) electrons. The van der Waals surface area contributed by atoms with Crippen molar-refractivity contribution in [2.45, 2.75) is 32.9 Å². The number of anilines is 1. The first-order valence-corrected chi connectivity index (χ1v) is 7.78. The van der Waals surface area contributed by atoms with Crippen LogP contribution in [0, 0.1) is 5.92 Å². The van der Waals surface area contributed by atoms with Crippen molar-refractivity contribution in [3.8, 4) is 0 Å². The Kier molecular flexibility index (Phi) is 4.95. The highest BCUT2D eigenvalue weighted by Gasteiger charge is 2.23. The van der Waals surface area contributed by atoms with E-state index in [4.69, 9.17) is 4.42 Å². The van der Waals surface area contributed by atoms with Crippen LogP contribution < -0.4 is 10.2 Å². The second kappa shape index (κ2) is 6.48. The maximum atomic E-state index is 5.56. The predicted molar refractivity (Wildman–Crippen MR) is 77.2 cm³/mol. The van der Waals surface area contributed by atoms with Crippen LogP contribution in [0.1, 0.15) is 26.0 Å². The first kappa shape index (κ1) is 13.7. The number of thioether (sulfide) groups is 1. The van der Waals surface area contributed by atoms with Crippen molar-refractivity contribution in [2.24, 2.45) is 5.92 Å². The topological polar surface area (TPSA) is 41.3 Å². The van der Waals surface area contributed by atoms with Gasteiger partial charge in [-0.1, -0.05) is 13.8 Å². The monoisotopic (exact) mass is 269 g/mol. The van der Waals surface area contributed by atoms with Crippen molar-refractivity contribution in [3.05, 3.63) is 12.0 Å². The van der Waals surface area contributed by atoms with Gasteiger partial charge in [-0.2, -0.15) is 16.7 Å². The fourth-order valence-electron chi connectivity index (χ4n) is 2.01. The SMILES string of the molecule is CC(C)CNCc1coc(N(C)C2CCSC2)n1. The highest BCUT2D eigenvalue weighted by Crippen LogP contribution is 2.25. The van der Waals surface area contributed by atoms with Crippen LogP contribution in [-0.4, -0.2) is 36.1 Å². The Hall–Kier alpha value is -0.680. The summed E-state index contributed by atoms with van der Waals surface area (Å²) in [5, 5.41) is 3.38. The van der Waals surface area contributed by atoms with E-state index in [-0.39, 0.29) is 0 Å². The minimum Gasteiger partial charge on any atom is -0.432 e. The molecule has 0 aliphatic carbocycles. The minimum absolute atomic E-state index is 0.574. The number of hydrogen-bond donors (Lipinski definition) is 1. The third-order valence-corrected chi connectivity index (χ3v) is 4.30. The van der Waals surface area contributed by atoms with Crippen molar-refractivity contribution in [2.75, 3.05) is 30.0 Å². The molecule has 1 N–H and O–H groups in total. The first-order chi connectivity index (χ1) is 8.66. The fraction of sp³-hybridized carbons (Fsp3) is 0.769. The van der Waals surface area contributed by atoms with Crippen LogP contribution in [0.3, 0.4) is 0 Å². The number of oxazole rings is 1. The van der Waals surface area contributed by atoms with Gasteiger partial charge in [0.15, 0.2) is 0 Å². The lowest BCUT2D eigenvalue weighted by Crippen LogP contribution is -2.31. The molecule has 0 aromatic carbocycles. The smallest absolute Gasteiger partial charge is 0.297 e. The molecular formula is C13H23N3OS. The molecule has 1 aromatic rings. The number of nitrogens with zero attached hydrogens (tertiary/aromatic N) is 2. The van der Waals surface area contributed by atoms with E-state index >= 15 is 0 Å². The van der Waals surface area contributed by atoms with Crippen molar-refractivity contribution < 1.29 is 4.42 Å². The Morgan fingerprint density at radius 3 is 3.11 bits per heavy atom. The third kappa shape index (κ3) is 3.65. The van der Waals surface area contributed by atoms with Crippen LogP contribution in [-0.2, 0) is 6.54 Å². The number of rotatable bonds is 6. The summed E-state index contributed by atoms with van der Waals surface area (Å²) < 4.78 is 5.56. The van der Waals surface area contributed by atoms with Crippen LogP contribution in [0.2, 0.25) is 0 Å². The highest BCUT2D eigenvalue weighted by atomic mass is 32.2. The highest BCUT2D eigenvalue weighted by molar-refractivity contribution is 7.99. The molecule has 102 valence electrons. The molecule has 1 fully saturated rings. The summed E-state index contributed by atoms with van der Waals surface area (Å²) in [7, 11) is 2.08. The Labute approximate surface area is 114 Å². The van der Waals surface area contributed by atoms with Gasteiger partial charge in [0.05, 0.1) is 5.69 Å².